The lowest BCUT2D eigenvalue weighted by Gasteiger charge is -2.16. The largest absolute Gasteiger partial charge is 0.398 e. The molecule has 1 unspecified atom stereocenters. The lowest BCUT2D eigenvalue weighted by Crippen LogP contribution is -2.24. The zero-order valence-corrected chi connectivity index (χ0v) is 11.5. The molecule has 0 heterocycles. The molecular weight excluding hydrogens is 228 g/mol. The minimum absolute atomic E-state index is 0.0631. The Hall–Kier alpha value is -1.55. The molecule has 1 aromatic rings. The third kappa shape index (κ3) is 4.04. The first-order valence-electron chi connectivity index (χ1n) is 6.18. The van der Waals surface area contributed by atoms with E-state index >= 15 is 0 Å². The molecule has 1 rings (SSSR count). The summed E-state index contributed by atoms with van der Waals surface area (Å²) in [5.74, 6) is 0.239. The monoisotopic (exact) mass is 250 g/mol. The van der Waals surface area contributed by atoms with Gasteiger partial charge in [0.25, 0.3) is 0 Å². The number of nitrogens with one attached hydrogen (secondary N) is 1. The molecular formula is C14H22N2O2. The summed E-state index contributed by atoms with van der Waals surface area (Å²) in [5.41, 5.74) is 8.06. The molecule has 0 saturated heterocycles. The molecule has 0 aliphatic rings. The van der Waals surface area contributed by atoms with Crippen LogP contribution in [0.4, 0.5) is 11.4 Å². The topological polar surface area (TPSA) is 64.3 Å². The van der Waals surface area contributed by atoms with E-state index in [2.05, 4.69) is 19.2 Å². The van der Waals surface area contributed by atoms with Crippen molar-refractivity contribution in [3.8, 4) is 0 Å². The number of benzene rings is 1. The van der Waals surface area contributed by atoms with Gasteiger partial charge in [0.1, 0.15) is 6.61 Å². The van der Waals surface area contributed by atoms with Crippen LogP contribution in [0.15, 0.2) is 18.2 Å². The molecule has 0 saturated carbocycles. The number of nitrogens with two attached hydrogens (primary N) is 1. The van der Waals surface area contributed by atoms with Crippen molar-refractivity contribution in [3.05, 3.63) is 23.8 Å². The maximum Gasteiger partial charge on any atom is 0.250 e. The number of carbonyl (C=O) groups is 1. The first-order chi connectivity index (χ1) is 8.41. The number of hydrogen-bond acceptors (Lipinski definition) is 3. The van der Waals surface area contributed by atoms with Gasteiger partial charge in [-0.15, -0.1) is 0 Å². The van der Waals surface area contributed by atoms with Gasteiger partial charge in [0.05, 0.1) is 6.10 Å². The lowest BCUT2D eigenvalue weighted by atomic mass is 10.1. The van der Waals surface area contributed by atoms with Crippen LogP contribution >= 0.6 is 0 Å². The van der Waals surface area contributed by atoms with Gasteiger partial charge in [-0.3, -0.25) is 4.79 Å². The molecule has 18 heavy (non-hydrogen) atoms. The molecule has 0 bridgehead atoms. The third-order valence-corrected chi connectivity index (χ3v) is 3.07. The van der Waals surface area contributed by atoms with Crippen LogP contribution in [-0.2, 0) is 9.53 Å². The Bertz CT molecular complexity index is 416. The summed E-state index contributed by atoms with van der Waals surface area (Å²) in [6, 6.07) is 5.45. The molecule has 1 amide bonds. The Labute approximate surface area is 109 Å². The molecule has 1 aromatic carbocycles. The Kier molecular flexibility index (Phi) is 5.16. The first kappa shape index (κ1) is 14.5. The van der Waals surface area contributed by atoms with Crippen molar-refractivity contribution in [3.63, 3.8) is 0 Å². The zero-order chi connectivity index (χ0) is 13.7. The molecule has 1 atom stereocenters. The van der Waals surface area contributed by atoms with Crippen molar-refractivity contribution >= 4 is 17.3 Å². The van der Waals surface area contributed by atoms with Gasteiger partial charge in [-0.1, -0.05) is 19.9 Å². The Morgan fingerprint density at radius 2 is 2.06 bits per heavy atom. The van der Waals surface area contributed by atoms with Crippen LogP contribution in [-0.4, -0.2) is 18.6 Å². The summed E-state index contributed by atoms with van der Waals surface area (Å²) < 4.78 is 5.46. The minimum atomic E-state index is -0.156. The number of hydrogen-bond donors (Lipinski definition) is 2. The van der Waals surface area contributed by atoms with Crippen molar-refractivity contribution in [1.82, 2.24) is 0 Å². The predicted octanol–water partition coefficient (Wildman–Crippen LogP) is 2.58. The van der Waals surface area contributed by atoms with Crippen molar-refractivity contribution in [2.24, 2.45) is 5.92 Å². The average molecular weight is 250 g/mol. The molecule has 100 valence electrons. The van der Waals surface area contributed by atoms with Gasteiger partial charge in [0.2, 0.25) is 5.91 Å². The van der Waals surface area contributed by atoms with Gasteiger partial charge in [0.15, 0.2) is 0 Å². The number of rotatable bonds is 5. The molecule has 0 radical (unpaired) electrons. The molecule has 3 N–H and O–H groups in total. The maximum atomic E-state index is 11.7. The summed E-state index contributed by atoms with van der Waals surface area (Å²) in [5, 5.41) is 2.80. The van der Waals surface area contributed by atoms with E-state index in [0.717, 1.165) is 11.3 Å². The van der Waals surface area contributed by atoms with E-state index in [4.69, 9.17) is 10.5 Å². The number of carbonyl (C=O) groups excluding carboxylic acids is 1. The second-order valence-electron chi connectivity index (χ2n) is 4.83. The number of anilines is 2. The van der Waals surface area contributed by atoms with E-state index < -0.39 is 0 Å². The zero-order valence-electron chi connectivity index (χ0n) is 11.5. The average Bonchev–Trinajstić information content (AvgIpc) is 2.32. The second kappa shape index (κ2) is 6.40. The van der Waals surface area contributed by atoms with E-state index in [9.17, 15) is 4.79 Å². The number of amides is 1. The Balaban J connectivity index is 2.52. The summed E-state index contributed by atoms with van der Waals surface area (Å²) in [6.45, 7) is 8.02. The van der Waals surface area contributed by atoms with E-state index in [0.29, 0.717) is 11.6 Å². The lowest BCUT2D eigenvalue weighted by molar-refractivity contribution is -0.123. The fourth-order valence-electron chi connectivity index (χ4n) is 1.37. The fourth-order valence-corrected chi connectivity index (χ4v) is 1.37. The normalized spacial score (nSPS) is 12.5. The molecule has 4 nitrogen and oxygen atoms in total. The van der Waals surface area contributed by atoms with Gasteiger partial charge in [-0.2, -0.15) is 0 Å². The second-order valence-corrected chi connectivity index (χ2v) is 4.83. The predicted molar refractivity (Wildman–Crippen MR) is 74.5 cm³/mol. The van der Waals surface area contributed by atoms with Crippen LogP contribution in [0.1, 0.15) is 26.3 Å². The molecule has 0 spiro atoms. The highest BCUT2D eigenvalue weighted by molar-refractivity contribution is 5.93. The molecule has 4 heteroatoms. The van der Waals surface area contributed by atoms with Crippen molar-refractivity contribution in [1.29, 1.82) is 0 Å². The molecule has 0 aliphatic carbocycles. The number of nitrogen functional groups attached to an aromatic ring is 1. The quantitative estimate of drug-likeness (QED) is 0.789. The highest BCUT2D eigenvalue weighted by Gasteiger charge is 2.11. The molecule has 0 aliphatic heterocycles. The Morgan fingerprint density at radius 3 is 2.67 bits per heavy atom. The Morgan fingerprint density at radius 1 is 1.39 bits per heavy atom. The summed E-state index contributed by atoms with van der Waals surface area (Å²) in [4.78, 5) is 11.7. The van der Waals surface area contributed by atoms with E-state index in [-0.39, 0.29) is 18.6 Å². The smallest absolute Gasteiger partial charge is 0.250 e. The van der Waals surface area contributed by atoms with Crippen LogP contribution in [0, 0.1) is 12.8 Å². The molecule has 0 fully saturated rings. The van der Waals surface area contributed by atoms with E-state index in [1.165, 1.54) is 0 Å². The highest BCUT2D eigenvalue weighted by atomic mass is 16.5. The van der Waals surface area contributed by atoms with Gasteiger partial charge in [0, 0.05) is 11.4 Å². The number of ether oxygens (including phenoxy) is 1. The van der Waals surface area contributed by atoms with E-state index in [1.54, 1.807) is 0 Å². The highest BCUT2D eigenvalue weighted by Crippen LogP contribution is 2.20. The summed E-state index contributed by atoms with van der Waals surface area (Å²) >= 11 is 0. The first-order valence-corrected chi connectivity index (χ1v) is 6.18. The minimum Gasteiger partial charge on any atom is -0.398 e. The molecule has 0 aromatic heterocycles. The van der Waals surface area contributed by atoms with Crippen LogP contribution in [0.5, 0.6) is 0 Å². The van der Waals surface area contributed by atoms with Crippen molar-refractivity contribution in [2.75, 3.05) is 17.7 Å². The third-order valence-electron chi connectivity index (χ3n) is 3.07. The van der Waals surface area contributed by atoms with Gasteiger partial charge in [-0.25, -0.2) is 0 Å². The van der Waals surface area contributed by atoms with Crippen LogP contribution in [0.3, 0.4) is 0 Å². The van der Waals surface area contributed by atoms with Gasteiger partial charge >= 0.3 is 0 Å². The standard InChI is InChI=1S/C14H22N2O2/c1-9(2)11(4)18-8-14(17)16-13-7-5-6-12(15)10(13)3/h5-7,9,11H,8,15H2,1-4H3,(H,16,17). The SMILES string of the molecule is Cc1c(N)cccc1NC(=O)COC(C)C(C)C. The van der Waals surface area contributed by atoms with Crippen molar-refractivity contribution in [2.45, 2.75) is 33.8 Å². The summed E-state index contributed by atoms with van der Waals surface area (Å²) in [6.07, 6.45) is 0.0673. The van der Waals surface area contributed by atoms with Crippen LogP contribution in [0.25, 0.3) is 0 Å². The van der Waals surface area contributed by atoms with Crippen LogP contribution in [0.2, 0.25) is 0 Å². The maximum absolute atomic E-state index is 11.7. The van der Waals surface area contributed by atoms with Gasteiger partial charge in [-0.05, 0) is 37.5 Å². The fraction of sp³-hybridized carbons (Fsp3) is 0.500. The summed E-state index contributed by atoms with van der Waals surface area (Å²) in [7, 11) is 0. The van der Waals surface area contributed by atoms with Crippen LogP contribution < -0.4 is 11.1 Å². The van der Waals surface area contributed by atoms with Gasteiger partial charge < -0.3 is 15.8 Å². The van der Waals surface area contributed by atoms with E-state index in [1.807, 2.05) is 32.0 Å². The van der Waals surface area contributed by atoms with Crippen molar-refractivity contribution < 1.29 is 9.53 Å².